The fourth-order valence-electron chi connectivity index (χ4n) is 2.21. The molecule has 21 heavy (non-hydrogen) atoms. The number of aromatic nitrogens is 1. The maximum Gasteiger partial charge on any atom is 0.337 e. The first kappa shape index (κ1) is 15.0. The minimum atomic E-state index is -0.948. The van der Waals surface area contributed by atoms with Crippen LogP contribution in [0.25, 0.3) is 11.3 Å². The lowest BCUT2D eigenvalue weighted by molar-refractivity contribution is 0.0694. The van der Waals surface area contributed by atoms with E-state index in [0.29, 0.717) is 12.3 Å². The summed E-state index contributed by atoms with van der Waals surface area (Å²) in [5.74, 6) is -0.156. The number of nitrogens with zero attached hydrogens (tertiary/aromatic N) is 1. The maximum atomic E-state index is 11.3. The highest BCUT2D eigenvalue weighted by Gasteiger charge is 2.17. The minimum Gasteiger partial charge on any atom is -0.493 e. The molecule has 0 spiro atoms. The van der Waals surface area contributed by atoms with Crippen LogP contribution in [0.2, 0.25) is 0 Å². The molecule has 0 unspecified atom stereocenters. The number of ether oxygens (including phenoxy) is 1. The maximum absolute atomic E-state index is 11.3. The molecule has 4 nitrogen and oxygen atoms in total. The monoisotopic (exact) mass is 285 g/mol. The highest BCUT2D eigenvalue weighted by Crippen LogP contribution is 2.30. The van der Waals surface area contributed by atoms with Crippen LogP contribution in [0.3, 0.4) is 0 Å². The summed E-state index contributed by atoms with van der Waals surface area (Å²) in [6.45, 7) is 6.37. The van der Waals surface area contributed by atoms with Crippen LogP contribution >= 0.6 is 0 Å². The summed E-state index contributed by atoms with van der Waals surface area (Å²) < 4.78 is 5.61. The molecular formula is C17H19NO3. The van der Waals surface area contributed by atoms with Gasteiger partial charge >= 0.3 is 5.97 Å². The number of carboxylic acid groups (broad SMARTS) is 1. The second kappa shape index (κ2) is 6.39. The predicted octanol–water partition coefficient (Wildman–Crippen LogP) is 3.97. The Morgan fingerprint density at radius 2 is 1.95 bits per heavy atom. The fraction of sp³-hybridized carbons (Fsp3) is 0.294. The lowest BCUT2D eigenvalue weighted by atomic mass is 10.0. The molecular weight excluding hydrogens is 266 g/mol. The Morgan fingerprint density at radius 1 is 1.24 bits per heavy atom. The molecule has 0 aliphatic heterocycles. The standard InChI is InChI=1S/C17H19NO3/c1-4-21-15-8-6-5-7-12(15)14-10-9-13(17(19)20)16(18-14)11(2)3/h5-11H,4H2,1-3H3,(H,19,20). The zero-order chi connectivity index (χ0) is 15.4. The number of hydrogen-bond acceptors (Lipinski definition) is 3. The molecule has 0 saturated heterocycles. The molecule has 1 aromatic heterocycles. The first-order valence-corrected chi connectivity index (χ1v) is 7.01. The number of carbonyl (C=O) groups is 1. The molecule has 2 aromatic rings. The summed E-state index contributed by atoms with van der Waals surface area (Å²) >= 11 is 0. The van der Waals surface area contributed by atoms with Gasteiger partial charge < -0.3 is 9.84 Å². The summed E-state index contributed by atoms with van der Waals surface area (Å²) in [5.41, 5.74) is 2.44. The highest BCUT2D eigenvalue weighted by molar-refractivity contribution is 5.89. The molecule has 1 N–H and O–H groups in total. The van der Waals surface area contributed by atoms with Crippen LogP contribution in [-0.2, 0) is 0 Å². The molecule has 1 heterocycles. The Morgan fingerprint density at radius 3 is 2.57 bits per heavy atom. The van der Waals surface area contributed by atoms with Gasteiger partial charge in [-0.25, -0.2) is 4.79 Å². The summed E-state index contributed by atoms with van der Waals surface area (Å²) in [6, 6.07) is 11.0. The largest absolute Gasteiger partial charge is 0.493 e. The van der Waals surface area contributed by atoms with Crippen molar-refractivity contribution in [2.75, 3.05) is 6.61 Å². The van der Waals surface area contributed by atoms with E-state index in [0.717, 1.165) is 17.0 Å². The van der Waals surface area contributed by atoms with Crippen molar-refractivity contribution in [2.24, 2.45) is 0 Å². The van der Waals surface area contributed by atoms with Crippen molar-refractivity contribution in [3.8, 4) is 17.0 Å². The van der Waals surface area contributed by atoms with E-state index < -0.39 is 5.97 Å². The molecule has 0 atom stereocenters. The Bertz CT molecular complexity index is 650. The van der Waals surface area contributed by atoms with Gasteiger partial charge in [0.25, 0.3) is 0 Å². The molecule has 110 valence electrons. The van der Waals surface area contributed by atoms with Gasteiger partial charge in [-0.3, -0.25) is 4.98 Å². The number of aromatic carboxylic acids is 1. The number of benzene rings is 1. The van der Waals surface area contributed by atoms with E-state index >= 15 is 0 Å². The van der Waals surface area contributed by atoms with E-state index in [-0.39, 0.29) is 11.5 Å². The SMILES string of the molecule is CCOc1ccccc1-c1ccc(C(=O)O)c(C(C)C)n1. The number of hydrogen-bond donors (Lipinski definition) is 1. The third-order valence-electron chi connectivity index (χ3n) is 3.16. The molecule has 0 fully saturated rings. The van der Waals surface area contributed by atoms with Crippen LogP contribution in [0.5, 0.6) is 5.75 Å². The van der Waals surface area contributed by atoms with E-state index in [1.165, 1.54) is 0 Å². The van der Waals surface area contributed by atoms with E-state index in [1.807, 2.05) is 45.0 Å². The summed E-state index contributed by atoms with van der Waals surface area (Å²) in [7, 11) is 0. The minimum absolute atomic E-state index is 0.0373. The van der Waals surface area contributed by atoms with Crippen LogP contribution in [0, 0.1) is 0 Å². The number of para-hydroxylation sites is 1. The summed E-state index contributed by atoms with van der Waals surface area (Å²) in [6.07, 6.45) is 0. The average molecular weight is 285 g/mol. The second-order valence-electron chi connectivity index (χ2n) is 5.02. The Labute approximate surface area is 124 Å². The zero-order valence-electron chi connectivity index (χ0n) is 12.5. The van der Waals surface area contributed by atoms with Gasteiger partial charge in [-0.2, -0.15) is 0 Å². The third-order valence-corrected chi connectivity index (χ3v) is 3.16. The molecule has 2 rings (SSSR count). The van der Waals surface area contributed by atoms with Crippen molar-refractivity contribution < 1.29 is 14.6 Å². The van der Waals surface area contributed by atoms with Gasteiger partial charge in [0, 0.05) is 5.56 Å². The van der Waals surface area contributed by atoms with Gasteiger partial charge in [-0.15, -0.1) is 0 Å². The lowest BCUT2D eigenvalue weighted by Gasteiger charge is -2.13. The molecule has 4 heteroatoms. The van der Waals surface area contributed by atoms with Gasteiger partial charge in [0.2, 0.25) is 0 Å². The van der Waals surface area contributed by atoms with Gasteiger partial charge in [-0.1, -0.05) is 26.0 Å². The zero-order valence-corrected chi connectivity index (χ0v) is 12.5. The van der Waals surface area contributed by atoms with E-state index in [2.05, 4.69) is 4.98 Å². The van der Waals surface area contributed by atoms with Crippen LogP contribution < -0.4 is 4.74 Å². The summed E-state index contributed by atoms with van der Waals surface area (Å²) in [5, 5.41) is 9.25. The van der Waals surface area contributed by atoms with Crippen LogP contribution in [0.1, 0.15) is 42.7 Å². The van der Waals surface area contributed by atoms with E-state index in [1.54, 1.807) is 12.1 Å². The molecule has 1 aromatic carbocycles. The molecule has 0 saturated carbocycles. The predicted molar refractivity (Wildman–Crippen MR) is 81.9 cm³/mol. The first-order chi connectivity index (χ1) is 10.0. The van der Waals surface area contributed by atoms with Crippen molar-refractivity contribution in [1.82, 2.24) is 4.98 Å². The smallest absolute Gasteiger partial charge is 0.337 e. The molecule has 0 aliphatic carbocycles. The van der Waals surface area contributed by atoms with Gasteiger partial charge in [0.1, 0.15) is 5.75 Å². The Hall–Kier alpha value is -2.36. The quantitative estimate of drug-likeness (QED) is 0.903. The fourth-order valence-corrected chi connectivity index (χ4v) is 2.21. The lowest BCUT2D eigenvalue weighted by Crippen LogP contribution is -2.07. The highest BCUT2D eigenvalue weighted by atomic mass is 16.5. The van der Waals surface area contributed by atoms with Crippen LogP contribution in [0.4, 0.5) is 0 Å². The number of carboxylic acids is 1. The molecule has 0 aliphatic rings. The molecule has 0 bridgehead atoms. The van der Waals surface area contributed by atoms with Gasteiger partial charge in [-0.05, 0) is 37.1 Å². The average Bonchev–Trinajstić information content (AvgIpc) is 2.47. The van der Waals surface area contributed by atoms with Crippen molar-refractivity contribution in [2.45, 2.75) is 26.7 Å². The number of rotatable bonds is 5. The normalized spacial score (nSPS) is 10.7. The van der Waals surface area contributed by atoms with Gasteiger partial charge in [0.15, 0.2) is 0 Å². The van der Waals surface area contributed by atoms with E-state index in [4.69, 9.17) is 4.74 Å². The molecule has 0 amide bonds. The summed E-state index contributed by atoms with van der Waals surface area (Å²) in [4.78, 5) is 15.8. The van der Waals surface area contributed by atoms with Crippen molar-refractivity contribution in [3.05, 3.63) is 47.7 Å². The Kier molecular flexibility index (Phi) is 4.58. The topological polar surface area (TPSA) is 59.4 Å². The third kappa shape index (κ3) is 3.21. The van der Waals surface area contributed by atoms with Crippen molar-refractivity contribution >= 4 is 5.97 Å². The van der Waals surface area contributed by atoms with Gasteiger partial charge in [0.05, 0.1) is 23.6 Å². The van der Waals surface area contributed by atoms with Crippen LogP contribution in [0.15, 0.2) is 36.4 Å². The first-order valence-electron chi connectivity index (χ1n) is 7.01. The van der Waals surface area contributed by atoms with Crippen molar-refractivity contribution in [1.29, 1.82) is 0 Å². The molecule has 0 radical (unpaired) electrons. The number of pyridine rings is 1. The van der Waals surface area contributed by atoms with Crippen molar-refractivity contribution in [3.63, 3.8) is 0 Å². The Balaban J connectivity index is 2.55. The van der Waals surface area contributed by atoms with E-state index in [9.17, 15) is 9.90 Å². The van der Waals surface area contributed by atoms with Crippen LogP contribution in [-0.4, -0.2) is 22.7 Å². The second-order valence-corrected chi connectivity index (χ2v) is 5.02.